The molecule has 0 saturated heterocycles. The highest BCUT2D eigenvalue weighted by Crippen LogP contribution is 2.27. The largest absolute Gasteiger partial charge is 0.435 e. The van der Waals surface area contributed by atoms with E-state index in [0.717, 1.165) is 10.7 Å². The minimum Gasteiger partial charge on any atom is -0.308 e. The lowest BCUT2D eigenvalue weighted by Crippen LogP contribution is -2.12. The van der Waals surface area contributed by atoms with E-state index in [1.165, 1.54) is 12.3 Å². The summed E-state index contributed by atoms with van der Waals surface area (Å²) in [5, 5.41) is 3.40. The van der Waals surface area contributed by atoms with E-state index in [4.69, 9.17) is 5.84 Å². The van der Waals surface area contributed by atoms with Crippen LogP contribution in [0.5, 0.6) is 0 Å². The molecular formula is C9H9F3N6. The Hall–Kier alpha value is -2.16. The third-order valence-corrected chi connectivity index (χ3v) is 2.09. The first-order valence-electron chi connectivity index (χ1n) is 4.85. The molecule has 0 aliphatic carbocycles. The van der Waals surface area contributed by atoms with E-state index < -0.39 is 11.9 Å². The molecule has 0 aliphatic rings. The predicted octanol–water partition coefficient (Wildman–Crippen LogP) is 1.28. The van der Waals surface area contributed by atoms with E-state index in [2.05, 4.69) is 20.5 Å². The molecule has 0 radical (unpaired) electrons. The van der Waals surface area contributed by atoms with Crippen LogP contribution in [0, 0.1) is 6.92 Å². The van der Waals surface area contributed by atoms with Gasteiger partial charge in [0.25, 0.3) is 0 Å². The molecule has 9 heteroatoms. The average molecular weight is 258 g/mol. The Labute approximate surface area is 99.6 Å². The van der Waals surface area contributed by atoms with Gasteiger partial charge in [-0.1, -0.05) is 0 Å². The number of halogens is 3. The molecule has 0 unspecified atom stereocenters. The van der Waals surface area contributed by atoms with Gasteiger partial charge in [-0.2, -0.15) is 18.3 Å². The number of hydrogen-bond donors (Lipinski definition) is 2. The Morgan fingerprint density at radius 3 is 2.61 bits per heavy atom. The smallest absolute Gasteiger partial charge is 0.308 e. The highest BCUT2D eigenvalue weighted by Gasteiger charge is 2.33. The molecule has 0 aromatic carbocycles. The van der Waals surface area contributed by atoms with Crippen molar-refractivity contribution in [2.45, 2.75) is 13.1 Å². The van der Waals surface area contributed by atoms with Crippen molar-refractivity contribution in [1.29, 1.82) is 0 Å². The van der Waals surface area contributed by atoms with Gasteiger partial charge in [-0.15, -0.1) is 0 Å². The van der Waals surface area contributed by atoms with Gasteiger partial charge in [0.1, 0.15) is 11.6 Å². The van der Waals surface area contributed by atoms with Crippen molar-refractivity contribution in [1.82, 2.24) is 19.7 Å². The summed E-state index contributed by atoms with van der Waals surface area (Å²) in [6.45, 7) is 1.60. The summed E-state index contributed by atoms with van der Waals surface area (Å²) in [6.07, 6.45) is -3.31. The second kappa shape index (κ2) is 4.26. The van der Waals surface area contributed by atoms with E-state index in [0.29, 0.717) is 11.6 Å². The van der Waals surface area contributed by atoms with E-state index in [1.807, 2.05) is 0 Å². The average Bonchev–Trinajstić information content (AvgIpc) is 2.77. The number of nitrogens with two attached hydrogens (primary N) is 1. The van der Waals surface area contributed by atoms with Gasteiger partial charge in [0, 0.05) is 12.3 Å². The lowest BCUT2D eigenvalue weighted by molar-refractivity contribution is -0.141. The van der Waals surface area contributed by atoms with Gasteiger partial charge in [-0.25, -0.2) is 20.5 Å². The monoisotopic (exact) mass is 258 g/mol. The van der Waals surface area contributed by atoms with Gasteiger partial charge in [0.05, 0.1) is 0 Å². The van der Waals surface area contributed by atoms with Crippen LogP contribution < -0.4 is 11.3 Å². The number of hydrazine groups is 1. The molecule has 0 spiro atoms. The molecule has 0 bridgehead atoms. The van der Waals surface area contributed by atoms with Crippen molar-refractivity contribution in [3.05, 3.63) is 29.8 Å². The number of hydrogen-bond acceptors (Lipinski definition) is 5. The third-order valence-electron chi connectivity index (χ3n) is 2.09. The van der Waals surface area contributed by atoms with E-state index in [-0.39, 0.29) is 5.82 Å². The molecule has 0 atom stereocenters. The molecule has 0 saturated carbocycles. The Morgan fingerprint density at radius 1 is 1.33 bits per heavy atom. The predicted molar refractivity (Wildman–Crippen MR) is 56.7 cm³/mol. The number of nitrogens with zero attached hydrogens (tertiary/aromatic N) is 4. The Kier molecular flexibility index (Phi) is 2.91. The zero-order valence-electron chi connectivity index (χ0n) is 9.23. The van der Waals surface area contributed by atoms with Crippen LogP contribution in [0.15, 0.2) is 18.3 Å². The van der Waals surface area contributed by atoms with Crippen LogP contribution in [0.25, 0.3) is 5.82 Å². The number of aryl methyl sites for hydroxylation is 1. The lowest BCUT2D eigenvalue weighted by atomic mass is 10.4. The highest BCUT2D eigenvalue weighted by atomic mass is 19.4. The Morgan fingerprint density at radius 2 is 2.06 bits per heavy atom. The van der Waals surface area contributed by atoms with E-state index in [1.54, 1.807) is 6.92 Å². The van der Waals surface area contributed by atoms with Crippen LogP contribution >= 0.6 is 0 Å². The first-order chi connectivity index (χ1) is 8.40. The zero-order valence-corrected chi connectivity index (χ0v) is 9.23. The molecule has 2 aromatic heterocycles. The second-order valence-electron chi connectivity index (χ2n) is 3.45. The van der Waals surface area contributed by atoms with Gasteiger partial charge in [-0.3, -0.25) is 0 Å². The first kappa shape index (κ1) is 12.3. The van der Waals surface area contributed by atoms with Crippen LogP contribution in [0.2, 0.25) is 0 Å². The normalized spacial score (nSPS) is 11.6. The molecule has 3 N–H and O–H groups in total. The van der Waals surface area contributed by atoms with Gasteiger partial charge in [-0.05, 0) is 13.0 Å². The molecular weight excluding hydrogens is 249 g/mol. The van der Waals surface area contributed by atoms with Gasteiger partial charge in [0.2, 0.25) is 0 Å². The fraction of sp³-hybridized carbons (Fsp3) is 0.222. The van der Waals surface area contributed by atoms with Crippen molar-refractivity contribution in [3.63, 3.8) is 0 Å². The maximum atomic E-state index is 12.4. The summed E-state index contributed by atoms with van der Waals surface area (Å²) in [5.74, 6) is 6.05. The maximum absolute atomic E-state index is 12.4. The fourth-order valence-corrected chi connectivity index (χ4v) is 1.35. The van der Waals surface area contributed by atoms with Crippen LogP contribution in [-0.4, -0.2) is 19.7 Å². The van der Waals surface area contributed by atoms with Crippen molar-refractivity contribution < 1.29 is 13.2 Å². The summed E-state index contributed by atoms with van der Waals surface area (Å²) < 4.78 is 38.2. The van der Waals surface area contributed by atoms with Crippen molar-refractivity contribution >= 4 is 5.82 Å². The zero-order chi connectivity index (χ0) is 13.3. The van der Waals surface area contributed by atoms with Crippen LogP contribution in [0.3, 0.4) is 0 Å². The molecule has 6 nitrogen and oxygen atoms in total. The van der Waals surface area contributed by atoms with Crippen molar-refractivity contribution in [3.8, 4) is 5.82 Å². The molecule has 18 heavy (non-hydrogen) atoms. The minimum absolute atomic E-state index is 0.200. The summed E-state index contributed by atoms with van der Waals surface area (Å²) in [6, 6.07) is 2.26. The number of alkyl halides is 3. The summed E-state index contributed by atoms with van der Waals surface area (Å²) in [4.78, 5) is 7.90. The first-order valence-corrected chi connectivity index (χ1v) is 4.85. The van der Waals surface area contributed by atoms with Gasteiger partial charge >= 0.3 is 6.18 Å². The number of nitrogens with one attached hydrogen (secondary N) is 1. The number of nitrogen functional groups attached to an aromatic ring is 1. The molecule has 0 aliphatic heterocycles. The standard InChI is InChI=1S/C9H9F3N6/c1-5-14-7(16-13)4-8(15-5)18-3-2-6(17-18)9(10,11)12/h2-4H,13H2,1H3,(H,14,15,16). The van der Waals surface area contributed by atoms with Crippen LogP contribution in [0.4, 0.5) is 19.0 Å². The number of rotatable bonds is 2. The summed E-state index contributed by atoms with van der Waals surface area (Å²) in [7, 11) is 0. The maximum Gasteiger partial charge on any atom is 0.435 e. The molecule has 96 valence electrons. The minimum atomic E-state index is -4.48. The molecule has 0 fully saturated rings. The highest BCUT2D eigenvalue weighted by molar-refractivity contribution is 5.40. The van der Waals surface area contributed by atoms with E-state index in [9.17, 15) is 13.2 Å². The second-order valence-corrected chi connectivity index (χ2v) is 3.45. The van der Waals surface area contributed by atoms with E-state index >= 15 is 0 Å². The fourth-order valence-electron chi connectivity index (χ4n) is 1.35. The van der Waals surface area contributed by atoms with Gasteiger partial charge < -0.3 is 5.43 Å². The topological polar surface area (TPSA) is 81.6 Å². The number of aromatic nitrogens is 4. The van der Waals surface area contributed by atoms with Crippen molar-refractivity contribution in [2.24, 2.45) is 5.84 Å². The molecule has 0 amide bonds. The third kappa shape index (κ3) is 2.40. The molecule has 2 rings (SSSR count). The van der Waals surface area contributed by atoms with Gasteiger partial charge in [0.15, 0.2) is 11.5 Å². The van der Waals surface area contributed by atoms with Crippen LogP contribution in [-0.2, 0) is 6.18 Å². The summed E-state index contributed by atoms with van der Waals surface area (Å²) >= 11 is 0. The Bertz CT molecular complexity index is 562. The SMILES string of the molecule is Cc1nc(NN)cc(-n2ccc(C(F)(F)F)n2)n1. The summed E-state index contributed by atoms with van der Waals surface area (Å²) in [5.41, 5.74) is 1.32. The van der Waals surface area contributed by atoms with Crippen LogP contribution in [0.1, 0.15) is 11.5 Å². The number of anilines is 1. The molecule has 2 heterocycles. The lowest BCUT2D eigenvalue weighted by Gasteiger charge is -2.05. The molecule has 2 aromatic rings. The Balaban J connectivity index is 2.43. The quantitative estimate of drug-likeness (QED) is 0.626. The van der Waals surface area contributed by atoms with Crippen molar-refractivity contribution in [2.75, 3.05) is 5.43 Å².